The van der Waals surface area contributed by atoms with Crippen LogP contribution in [-0.2, 0) is 9.59 Å². The van der Waals surface area contributed by atoms with Gasteiger partial charge in [0.1, 0.15) is 11.5 Å². The lowest BCUT2D eigenvalue weighted by molar-refractivity contribution is -0.132. The fourth-order valence-electron chi connectivity index (χ4n) is 4.96. The molecule has 4 aromatic rings. The number of rotatable bonds is 8. The number of anilines is 1. The molecule has 1 aromatic heterocycles. The Hall–Kier alpha value is -3.97. The predicted molar refractivity (Wildman–Crippen MR) is 157 cm³/mol. The number of hydrogen-bond donors (Lipinski definition) is 1. The molecule has 1 N–H and O–H groups in total. The number of aliphatic hydroxyl groups is 1. The Morgan fingerprint density at radius 2 is 1.69 bits per heavy atom. The number of carbonyl (C=O) groups excluding carboxylic acids is 2. The number of carbonyl (C=O) groups is 2. The molecule has 0 aliphatic carbocycles. The van der Waals surface area contributed by atoms with Gasteiger partial charge in [0, 0.05) is 5.56 Å². The van der Waals surface area contributed by atoms with Gasteiger partial charge in [0.05, 0.1) is 28.4 Å². The van der Waals surface area contributed by atoms with Gasteiger partial charge in [-0.2, -0.15) is 0 Å². The van der Waals surface area contributed by atoms with Crippen LogP contribution in [0.5, 0.6) is 5.75 Å². The molecule has 39 heavy (non-hydrogen) atoms. The highest BCUT2D eigenvalue weighted by molar-refractivity contribution is 7.22. The van der Waals surface area contributed by atoms with Crippen molar-refractivity contribution in [2.24, 2.45) is 0 Å². The highest BCUT2D eigenvalue weighted by atomic mass is 32.1. The number of hydrogen-bond acceptors (Lipinski definition) is 6. The zero-order valence-corrected chi connectivity index (χ0v) is 23.5. The summed E-state index contributed by atoms with van der Waals surface area (Å²) in [6.45, 7) is 8.73. The van der Waals surface area contributed by atoms with E-state index < -0.39 is 17.7 Å². The first kappa shape index (κ1) is 26.6. The van der Waals surface area contributed by atoms with Crippen molar-refractivity contribution in [3.05, 3.63) is 94.1 Å². The van der Waals surface area contributed by atoms with Crippen molar-refractivity contribution in [3.8, 4) is 5.75 Å². The Balaban J connectivity index is 1.62. The number of ether oxygens (including phenoxy) is 1. The molecule has 0 radical (unpaired) electrons. The van der Waals surface area contributed by atoms with E-state index in [1.54, 1.807) is 12.1 Å². The Morgan fingerprint density at radius 3 is 2.38 bits per heavy atom. The van der Waals surface area contributed by atoms with Gasteiger partial charge < -0.3 is 9.84 Å². The highest BCUT2D eigenvalue weighted by Crippen LogP contribution is 2.45. The van der Waals surface area contributed by atoms with E-state index in [9.17, 15) is 14.7 Å². The van der Waals surface area contributed by atoms with Crippen LogP contribution in [0.15, 0.2) is 66.2 Å². The number of Topliss-reactive ketones (excluding diaryl/α,β-unsaturated/α-hetero) is 1. The molecule has 1 aliphatic heterocycles. The second kappa shape index (κ2) is 11.0. The van der Waals surface area contributed by atoms with Crippen LogP contribution < -0.4 is 9.64 Å². The average molecular weight is 541 g/mol. The average Bonchev–Trinajstić information content (AvgIpc) is 3.45. The summed E-state index contributed by atoms with van der Waals surface area (Å²) in [5.41, 5.74) is 5.15. The molecule has 0 bridgehead atoms. The van der Waals surface area contributed by atoms with Crippen LogP contribution in [0, 0.1) is 20.8 Å². The standard InChI is InChI=1S/C32H32N2O4S/c1-5-6-7-16-38-24-14-12-22(13-15-24)28-26(29(35)23-10-8-19(2)9-11-23)30(36)31(37)34(28)32-33-27-21(4)17-20(3)18-25(27)39-32/h8-15,17-18,28,35H,5-7,16H2,1-4H3. The van der Waals surface area contributed by atoms with E-state index in [0.29, 0.717) is 22.9 Å². The quantitative estimate of drug-likeness (QED) is 0.109. The van der Waals surface area contributed by atoms with E-state index in [1.807, 2.05) is 69.3 Å². The minimum absolute atomic E-state index is 0.0487. The van der Waals surface area contributed by atoms with Gasteiger partial charge in [-0.25, -0.2) is 4.98 Å². The Morgan fingerprint density at radius 1 is 0.974 bits per heavy atom. The van der Waals surface area contributed by atoms with Crippen LogP contribution in [0.2, 0.25) is 0 Å². The van der Waals surface area contributed by atoms with Crippen LogP contribution in [0.25, 0.3) is 16.0 Å². The minimum atomic E-state index is -0.831. The van der Waals surface area contributed by atoms with E-state index in [-0.39, 0.29) is 11.3 Å². The number of ketones is 1. The molecule has 0 spiro atoms. The Kier molecular flexibility index (Phi) is 7.53. The fourth-order valence-corrected chi connectivity index (χ4v) is 6.13. The molecule has 5 rings (SSSR count). The number of amides is 1. The maximum absolute atomic E-state index is 13.6. The molecule has 1 unspecified atom stereocenters. The van der Waals surface area contributed by atoms with Gasteiger partial charge in [-0.1, -0.05) is 79.1 Å². The number of nitrogens with zero attached hydrogens (tertiary/aromatic N) is 2. The van der Waals surface area contributed by atoms with Crippen molar-refractivity contribution in [2.45, 2.75) is 53.0 Å². The summed E-state index contributed by atoms with van der Waals surface area (Å²) in [6, 6.07) is 17.9. The molecule has 6 nitrogen and oxygen atoms in total. The minimum Gasteiger partial charge on any atom is -0.507 e. The van der Waals surface area contributed by atoms with E-state index >= 15 is 0 Å². The van der Waals surface area contributed by atoms with Crippen LogP contribution in [0.1, 0.15) is 60.0 Å². The van der Waals surface area contributed by atoms with Gasteiger partial charge >= 0.3 is 5.91 Å². The molecule has 1 atom stereocenters. The van der Waals surface area contributed by atoms with Gasteiger partial charge in [-0.15, -0.1) is 0 Å². The number of benzene rings is 3. The number of aryl methyl sites for hydroxylation is 3. The summed E-state index contributed by atoms with van der Waals surface area (Å²) in [7, 11) is 0. The van der Waals surface area contributed by atoms with Crippen molar-refractivity contribution >= 4 is 44.1 Å². The van der Waals surface area contributed by atoms with E-state index in [0.717, 1.165) is 51.9 Å². The van der Waals surface area contributed by atoms with Crippen molar-refractivity contribution < 1.29 is 19.4 Å². The third-order valence-electron chi connectivity index (χ3n) is 7.01. The normalized spacial score (nSPS) is 16.8. The summed E-state index contributed by atoms with van der Waals surface area (Å²) >= 11 is 1.37. The van der Waals surface area contributed by atoms with E-state index in [2.05, 4.69) is 6.92 Å². The second-order valence-corrected chi connectivity index (χ2v) is 11.1. The van der Waals surface area contributed by atoms with Gasteiger partial charge in [0.2, 0.25) is 0 Å². The topological polar surface area (TPSA) is 79.7 Å². The molecule has 0 saturated carbocycles. The SMILES string of the molecule is CCCCCOc1ccc(C2C(=C(O)c3ccc(C)cc3)C(=O)C(=O)N2c2nc3c(C)cc(C)cc3s2)cc1. The first-order chi connectivity index (χ1) is 18.8. The number of aliphatic hydroxyl groups excluding tert-OH is 1. The Labute approximate surface area is 232 Å². The van der Waals surface area contributed by atoms with Crippen LogP contribution >= 0.6 is 11.3 Å². The summed E-state index contributed by atoms with van der Waals surface area (Å²) in [5.74, 6) is -0.919. The smallest absolute Gasteiger partial charge is 0.301 e. The lowest BCUT2D eigenvalue weighted by Crippen LogP contribution is -2.29. The van der Waals surface area contributed by atoms with Gasteiger partial charge in [0.25, 0.3) is 5.78 Å². The van der Waals surface area contributed by atoms with Crippen molar-refractivity contribution in [1.29, 1.82) is 0 Å². The first-order valence-electron chi connectivity index (χ1n) is 13.3. The summed E-state index contributed by atoms with van der Waals surface area (Å²) in [4.78, 5) is 33.3. The third-order valence-corrected chi connectivity index (χ3v) is 8.01. The summed E-state index contributed by atoms with van der Waals surface area (Å²) in [5, 5.41) is 11.8. The van der Waals surface area contributed by atoms with Crippen LogP contribution in [0.4, 0.5) is 5.13 Å². The molecule has 1 fully saturated rings. The molecule has 1 amide bonds. The van der Waals surface area contributed by atoms with E-state index in [4.69, 9.17) is 9.72 Å². The summed E-state index contributed by atoms with van der Waals surface area (Å²) < 4.78 is 6.82. The molecule has 2 heterocycles. The monoisotopic (exact) mass is 540 g/mol. The van der Waals surface area contributed by atoms with Gasteiger partial charge in [0.15, 0.2) is 5.13 Å². The lowest BCUT2D eigenvalue weighted by atomic mass is 9.95. The van der Waals surface area contributed by atoms with Gasteiger partial charge in [-0.3, -0.25) is 14.5 Å². The zero-order valence-electron chi connectivity index (χ0n) is 22.7. The van der Waals surface area contributed by atoms with Crippen LogP contribution in [0.3, 0.4) is 0 Å². The predicted octanol–water partition coefficient (Wildman–Crippen LogP) is 7.42. The highest BCUT2D eigenvalue weighted by Gasteiger charge is 2.48. The number of thiazole rings is 1. The van der Waals surface area contributed by atoms with Crippen molar-refractivity contribution in [2.75, 3.05) is 11.5 Å². The summed E-state index contributed by atoms with van der Waals surface area (Å²) in [6.07, 6.45) is 3.20. The lowest BCUT2D eigenvalue weighted by Gasteiger charge is -2.23. The first-order valence-corrected chi connectivity index (χ1v) is 14.1. The maximum Gasteiger partial charge on any atom is 0.301 e. The fraction of sp³-hybridized carbons (Fsp3) is 0.281. The molecule has 1 aliphatic rings. The second-order valence-electron chi connectivity index (χ2n) is 10.1. The van der Waals surface area contributed by atoms with E-state index in [1.165, 1.54) is 16.2 Å². The van der Waals surface area contributed by atoms with Crippen molar-refractivity contribution in [1.82, 2.24) is 4.98 Å². The molecular weight excluding hydrogens is 508 g/mol. The Bertz CT molecular complexity index is 1570. The van der Waals surface area contributed by atoms with Gasteiger partial charge in [-0.05, 0) is 62.1 Å². The number of fused-ring (bicyclic) bond motifs is 1. The third kappa shape index (κ3) is 5.19. The maximum atomic E-state index is 13.6. The van der Waals surface area contributed by atoms with Crippen molar-refractivity contribution in [3.63, 3.8) is 0 Å². The number of unbranched alkanes of at least 4 members (excludes halogenated alkanes) is 2. The molecule has 200 valence electrons. The largest absolute Gasteiger partial charge is 0.507 e. The molecule has 3 aromatic carbocycles. The molecule has 7 heteroatoms. The molecular formula is C32H32N2O4S. The zero-order chi connectivity index (χ0) is 27.7. The van der Waals surface area contributed by atoms with Crippen LogP contribution in [-0.4, -0.2) is 28.4 Å². The molecule has 1 saturated heterocycles. The number of aromatic nitrogens is 1.